The molecule has 2 heteroatoms. The first-order valence-corrected chi connectivity index (χ1v) is 6.19. The zero-order valence-electron chi connectivity index (χ0n) is 10.5. The molecule has 1 aliphatic carbocycles. The smallest absolute Gasteiger partial charge is 0.118 e. The van der Waals surface area contributed by atoms with Crippen molar-refractivity contribution in [2.45, 2.75) is 58.4 Å². The average molecular weight is 218 g/mol. The van der Waals surface area contributed by atoms with E-state index < -0.39 is 0 Å². The van der Waals surface area contributed by atoms with Gasteiger partial charge < -0.3 is 0 Å². The second-order valence-corrected chi connectivity index (χ2v) is 5.26. The first-order valence-electron chi connectivity index (χ1n) is 6.19. The lowest BCUT2D eigenvalue weighted by molar-refractivity contribution is 0.436. The van der Waals surface area contributed by atoms with E-state index in [4.69, 9.17) is 0 Å². The van der Waals surface area contributed by atoms with Gasteiger partial charge in [0.2, 0.25) is 0 Å². The van der Waals surface area contributed by atoms with Crippen molar-refractivity contribution in [1.29, 1.82) is 5.26 Å². The Kier molecular flexibility index (Phi) is 4.73. The Hall–Kier alpha value is -1.10. The third-order valence-corrected chi connectivity index (χ3v) is 3.29. The highest BCUT2D eigenvalue weighted by Gasteiger charge is 2.25. The molecule has 0 spiro atoms. The fraction of sp³-hybridized carbons (Fsp3) is 0.714. The van der Waals surface area contributed by atoms with Crippen LogP contribution in [-0.2, 0) is 0 Å². The molecule has 0 radical (unpaired) electrons. The van der Waals surface area contributed by atoms with Gasteiger partial charge in [-0.25, -0.2) is 0 Å². The molecule has 0 aromatic carbocycles. The Morgan fingerprint density at radius 2 is 2.06 bits per heavy atom. The van der Waals surface area contributed by atoms with E-state index in [1.165, 1.54) is 19.3 Å². The summed E-state index contributed by atoms with van der Waals surface area (Å²) in [7, 11) is 0. The third-order valence-electron chi connectivity index (χ3n) is 3.29. The van der Waals surface area contributed by atoms with E-state index in [1.54, 1.807) is 0 Å². The fourth-order valence-electron chi connectivity index (χ4n) is 2.21. The predicted molar refractivity (Wildman–Crippen MR) is 68.5 cm³/mol. The van der Waals surface area contributed by atoms with Crippen LogP contribution in [0.15, 0.2) is 17.6 Å². The quantitative estimate of drug-likeness (QED) is 0.521. The van der Waals surface area contributed by atoms with Crippen molar-refractivity contribution in [3.8, 4) is 6.07 Å². The van der Waals surface area contributed by atoms with Crippen LogP contribution in [0.1, 0.15) is 52.4 Å². The number of rotatable bonds is 4. The highest BCUT2D eigenvalue weighted by atomic mass is 14.8. The zero-order valence-corrected chi connectivity index (χ0v) is 10.5. The lowest BCUT2D eigenvalue weighted by Gasteiger charge is -2.24. The molecule has 16 heavy (non-hydrogen) atoms. The van der Waals surface area contributed by atoms with Gasteiger partial charge in [0.15, 0.2) is 0 Å². The molecule has 0 bridgehead atoms. The van der Waals surface area contributed by atoms with Crippen molar-refractivity contribution >= 4 is 5.71 Å². The SMILES string of the molecule is C=CCC(C)(C)C(C#N)=NC1CCCCC1. The van der Waals surface area contributed by atoms with E-state index in [9.17, 15) is 5.26 Å². The van der Waals surface area contributed by atoms with Crippen LogP contribution < -0.4 is 0 Å². The first kappa shape index (κ1) is 13.0. The molecule has 1 aliphatic rings. The second-order valence-electron chi connectivity index (χ2n) is 5.26. The predicted octanol–water partition coefficient (Wildman–Crippen LogP) is 3.89. The zero-order chi connectivity index (χ0) is 12.0. The van der Waals surface area contributed by atoms with Gasteiger partial charge in [0.05, 0.1) is 6.04 Å². The van der Waals surface area contributed by atoms with Gasteiger partial charge in [-0.2, -0.15) is 5.26 Å². The van der Waals surface area contributed by atoms with Gasteiger partial charge in [-0.05, 0) is 19.3 Å². The molecule has 2 nitrogen and oxygen atoms in total. The van der Waals surface area contributed by atoms with Crippen molar-refractivity contribution in [2.75, 3.05) is 0 Å². The first-order chi connectivity index (χ1) is 7.60. The molecular formula is C14H22N2. The maximum atomic E-state index is 9.20. The van der Waals surface area contributed by atoms with Gasteiger partial charge >= 0.3 is 0 Å². The van der Waals surface area contributed by atoms with E-state index in [1.807, 2.05) is 6.08 Å². The van der Waals surface area contributed by atoms with Crippen LogP contribution >= 0.6 is 0 Å². The van der Waals surface area contributed by atoms with Crippen LogP contribution in [0.3, 0.4) is 0 Å². The summed E-state index contributed by atoms with van der Waals surface area (Å²) >= 11 is 0. The van der Waals surface area contributed by atoms with Crippen molar-refractivity contribution in [2.24, 2.45) is 10.4 Å². The maximum absolute atomic E-state index is 9.20. The molecule has 0 atom stereocenters. The lowest BCUT2D eigenvalue weighted by Crippen LogP contribution is -2.25. The molecule has 1 fully saturated rings. The monoisotopic (exact) mass is 218 g/mol. The van der Waals surface area contributed by atoms with E-state index >= 15 is 0 Å². The Bertz CT molecular complexity index is 301. The third kappa shape index (κ3) is 3.48. The number of nitrogens with zero attached hydrogens (tertiary/aromatic N) is 2. The molecule has 1 saturated carbocycles. The highest BCUT2D eigenvalue weighted by molar-refractivity contribution is 6.02. The summed E-state index contributed by atoms with van der Waals surface area (Å²) in [5, 5.41) is 9.20. The fourth-order valence-corrected chi connectivity index (χ4v) is 2.21. The molecule has 0 N–H and O–H groups in total. The Balaban J connectivity index is 2.76. The van der Waals surface area contributed by atoms with E-state index in [0.717, 1.165) is 19.3 Å². The van der Waals surface area contributed by atoms with E-state index in [-0.39, 0.29) is 5.41 Å². The van der Waals surface area contributed by atoms with Crippen LogP contribution in [0.4, 0.5) is 0 Å². The van der Waals surface area contributed by atoms with Crippen LogP contribution in [0, 0.1) is 16.7 Å². The van der Waals surface area contributed by atoms with Crippen molar-refractivity contribution in [1.82, 2.24) is 0 Å². The highest BCUT2D eigenvalue weighted by Crippen LogP contribution is 2.26. The van der Waals surface area contributed by atoms with Crippen LogP contribution in [0.25, 0.3) is 0 Å². The van der Waals surface area contributed by atoms with Crippen molar-refractivity contribution < 1.29 is 0 Å². The van der Waals surface area contributed by atoms with Crippen LogP contribution in [-0.4, -0.2) is 11.8 Å². The average Bonchev–Trinajstić information content (AvgIpc) is 2.27. The molecule has 1 rings (SSSR count). The summed E-state index contributed by atoms with van der Waals surface area (Å²) in [5.41, 5.74) is 0.535. The topological polar surface area (TPSA) is 36.1 Å². The minimum absolute atomic E-state index is 0.159. The summed E-state index contributed by atoms with van der Waals surface area (Å²) in [4.78, 5) is 4.65. The van der Waals surface area contributed by atoms with Crippen molar-refractivity contribution in [3.05, 3.63) is 12.7 Å². The molecule has 0 aromatic rings. The number of hydrogen-bond acceptors (Lipinski definition) is 2. The summed E-state index contributed by atoms with van der Waals surface area (Å²) in [5.74, 6) is 0. The number of aliphatic imine (C=N–C) groups is 1. The minimum Gasteiger partial charge on any atom is -0.275 e. The summed E-state index contributed by atoms with van der Waals surface area (Å²) in [6.07, 6.45) is 8.82. The minimum atomic E-state index is -0.159. The molecular weight excluding hydrogens is 196 g/mol. The number of hydrogen-bond donors (Lipinski definition) is 0. The molecule has 0 aromatic heterocycles. The Morgan fingerprint density at radius 3 is 2.56 bits per heavy atom. The Labute approximate surface area is 99.1 Å². The number of nitriles is 1. The largest absolute Gasteiger partial charge is 0.275 e. The van der Waals surface area contributed by atoms with Gasteiger partial charge in [-0.15, -0.1) is 6.58 Å². The lowest BCUT2D eigenvalue weighted by atomic mass is 9.84. The second kappa shape index (κ2) is 5.84. The molecule has 0 heterocycles. The molecule has 0 saturated heterocycles. The van der Waals surface area contributed by atoms with Gasteiger partial charge in [-0.3, -0.25) is 4.99 Å². The van der Waals surface area contributed by atoms with E-state index in [2.05, 4.69) is 31.5 Å². The van der Waals surface area contributed by atoms with Gasteiger partial charge in [0.1, 0.15) is 11.8 Å². The molecule has 0 aliphatic heterocycles. The Morgan fingerprint density at radius 1 is 1.44 bits per heavy atom. The summed E-state index contributed by atoms with van der Waals surface area (Å²) in [6, 6.07) is 2.66. The van der Waals surface area contributed by atoms with Gasteiger partial charge in [-0.1, -0.05) is 39.2 Å². The van der Waals surface area contributed by atoms with Crippen LogP contribution in [0.5, 0.6) is 0 Å². The molecule has 0 amide bonds. The standard InChI is InChI=1S/C14H22N2/c1-4-10-14(2,3)13(11-15)16-12-8-6-5-7-9-12/h4,12H,1,5-10H2,2-3H3. The molecule has 88 valence electrons. The molecule has 0 unspecified atom stereocenters. The van der Waals surface area contributed by atoms with Crippen molar-refractivity contribution in [3.63, 3.8) is 0 Å². The summed E-state index contributed by atoms with van der Waals surface area (Å²) < 4.78 is 0. The van der Waals surface area contributed by atoms with Crippen LogP contribution in [0.2, 0.25) is 0 Å². The van der Waals surface area contributed by atoms with E-state index in [0.29, 0.717) is 11.8 Å². The number of allylic oxidation sites excluding steroid dienone is 1. The van der Waals surface area contributed by atoms with Gasteiger partial charge in [0.25, 0.3) is 0 Å². The van der Waals surface area contributed by atoms with Gasteiger partial charge in [0, 0.05) is 5.41 Å². The maximum Gasteiger partial charge on any atom is 0.118 e. The summed E-state index contributed by atoms with van der Waals surface area (Å²) in [6.45, 7) is 7.88. The normalized spacial score (nSPS) is 19.2.